The van der Waals surface area contributed by atoms with Gasteiger partial charge in [-0.1, -0.05) is 6.07 Å². The van der Waals surface area contributed by atoms with Gasteiger partial charge in [-0.2, -0.15) is 0 Å². The van der Waals surface area contributed by atoms with Crippen LogP contribution in [0.1, 0.15) is 21.5 Å². The van der Waals surface area contributed by atoms with Crippen LogP contribution in [0.5, 0.6) is 0 Å². The predicted molar refractivity (Wildman–Crippen MR) is 62.2 cm³/mol. The molecule has 0 bridgehead atoms. The Hall–Kier alpha value is -1.55. The van der Waals surface area contributed by atoms with Crippen molar-refractivity contribution in [1.82, 2.24) is 10.9 Å². The first-order chi connectivity index (χ1) is 7.54. The van der Waals surface area contributed by atoms with E-state index < -0.39 is 5.91 Å². The molecule has 0 aromatic heterocycles. The van der Waals surface area contributed by atoms with Crippen molar-refractivity contribution in [3.63, 3.8) is 0 Å². The van der Waals surface area contributed by atoms with E-state index in [-0.39, 0.29) is 11.8 Å². The first-order valence-corrected chi connectivity index (χ1v) is 5.30. The first kappa shape index (κ1) is 12.5. The molecule has 4 nitrogen and oxygen atoms in total. The molecule has 0 aliphatic carbocycles. The number of aryl methyl sites for hydroxylation is 2. The number of nitrogens with one attached hydrogen (secondary N) is 2. The Kier molecular flexibility index (Phi) is 4.31. The summed E-state index contributed by atoms with van der Waals surface area (Å²) in [5, 5.41) is 0. The Morgan fingerprint density at radius 3 is 2.44 bits per heavy atom. The van der Waals surface area contributed by atoms with Gasteiger partial charge in [0.2, 0.25) is 0 Å². The van der Waals surface area contributed by atoms with Crippen LogP contribution >= 0.6 is 11.6 Å². The molecular weight excluding hydrogens is 228 g/mol. The van der Waals surface area contributed by atoms with Crippen molar-refractivity contribution in [2.75, 3.05) is 5.88 Å². The maximum atomic E-state index is 11.6. The number of alkyl halides is 1. The lowest BCUT2D eigenvalue weighted by atomic mass is 10.1. The van der Waals surface area contributed by atoms with Gasteiger partial charge in [0.05, 0.1) is 0 Å². The first-order valence-electron chi connectivity index (χ1n) is 4.77. The molecule has 0 atom stereocenters. The molecule has 0 unspecified atom stereocenters. The summed E-state index contributed by atoms with van der Waals surface area (Å²) in [6.07, 6.45) is 0. The fourth-order valence-electron chi connectivity index (χ4n) is 1.11. The molecule has 0 aliphatic rings. The van der Waals surface area contributed by atoms with Gasteiger partial charge in [0.25, 0.3) is 11.8 Å². The average Bonchev–Trinajstić information content (AvgIpc) is 2.29. The molecule has 0 saturated heterocycles. The van der Waals surface area contributed by atoms with Gasteiger partial charge >= 0.3 is 0 Å². The van der Waals surface area contributed by atoms with Gasteiger partial charge in [-0.25, -0.2) is 0 Å². The lowest BCUT2D eigenvalue weighted by molar-refractivity contribution is -0.119. The van der Waals surface area contributed by atoms with Gasteiger partial charge in [0, 0.05) is 5.56 Å². The van der Waals surface area contributed by atoms with E-state index in [1.807, 2.05) is 19.9 Å². The highest BCUT2D eigenvalue weighted by Crippen LogP contribution is 2.09. The van der Waals surface area contributed by atoms with Crippen molar-refractivity contribution in [1.29, 1.82) is 0 Å². The van der Waals surface area contributed by atoms with Crippen molar-refractivity contribution in [3.8, 4) is 0 Å². The van der Waals surface area contributed by atoms with Crippen LogP contribution in [0.4, 0.5) is 0 Å². The fourth-order valence-corrected chi connectivity index (χ4v) is 1.18. The van der Waals surface area contributed by atoms with E-state index >= 15 is 0 Å². The van der Waals surface area contributed by atoms with Crippen LogP contribution < -0.4 is 10.9 Å². The third-order valence-electron chi connectivity index (χ3n) is 2.21. The van der Waals surface area contributed by atoms with Crippen LogP contribution in [0, 0.1) is 13.8 Å². The highest BCUT2D eigenvalue weighted by Gasteiger charge is 2.07. The monoisotopic (exact) mass is 240 g/mol. The molecule has 0 radical (unpaired) electrons. The largest absolute Gasteiger partial charge is 0.272 e. The molecule has 2 amide bonds. The van der Waals surface area contributed by atoms with Gasteiger partial charge in [0.15, 0.2) is 0 Å². The quantitative estimate of drug-likeness (QED) is 0.605. The van der Waals surface area contributed by atoms with Gasteiger partial charge in [-0.3, -0.25) is 20.4 Å². The van der Waals surface area contributed by atoms with E-state index in [9.17, 15) is 9.59 Å². The van der Waals surface area contributed by atoms with Crippen molar-refractivity contribution in [2.24, 2.45) is 0 Å². The molecule has 0 heterocycles. The molecular formula is C11H13ClN2O2. The minimum absolute atomic E-state index is 0.187. The molecule has 1 rings (SSSR count). The summed E-state index contributed by atoms with van der Waals surface area (Å²) in [6, 6.07) is 5.32. The van der Waals surface area contributed by atoms with E-state index in [1.54, 1.807) is 12.1 Å². The van der Waals surface area contributed by atoms with E-state index in [2.05, 4.69) is 10.9 Å². The number of benzene rings is 1. The number of halogens is 1. The Morgan fingerprint density at radius 2 is 1.88 bits per heavy atom. The second-order valence-electron chi connectivity index (χ2n) is 3.43. The summed E-state index contributed by atoms with van der Waals surface area (Å²) < 4.78 is 0. The SMILES string of the molecule is Cc1ccc(C(=O)NNC(=O)CCl)cc1C. The van der Waals surface area contributed by atoms with Gasteiger partial charge in [0.1, 0.15) is 5.88 Å². The second kappa shape index (κ2) is 5.51. The van der Waals surface area contributed by atoms with Crippen LogP contribution in [-0.4, -0.2) is 17.7 Å². The van der Waals surface area contributed by atoms with Gasteiger partial charge in [-0.05, 0) is 37.1 Å². The van der Waals surface area contributed by atoms with Crippen molar-refractivity contribution >= 4 is 23.4 Å². The smallest absolute Gasteiger partial charge is 0.269 e. The number of hydrogen-bond acceptors (Lipinski definition) is 2. The summed E-state index contributed by atoms with van der Waals surface area (Å²) in [7, 11) is 0. The van der Waals surface area contributed by atoms with Crippen LogP contribution in [-0.2, 0) is 4.79 Å². The maximum absolute atomic E-state index is 11.6. The van der Waals surface area contributed by atoms with E-state index in [4.69, 9.17) is 11.6 Å². The normalized spacial score (nSPS) is 9.69. The van der Waals surface area contributed by atoms with Crippen LogP contribution in [0.25, 0.3) is 0 Å². The molecule has 1 aromatic carbocycles. The average molecular weight is 241 g/mol. The molecule has 0 spiro atoms. The van der Waals surface area contributed by atoms with E-state index in [0.717, 1.165) is 11.1 Å². The Balaban J connectivity index is 2.66. The highest BCUT2D eigenvalue weighted by molar-refractivity contribution is 6.27. The van der Waals surface area contributed by atoms with E-state index in [1.165, 1.54) is 0 Å². The lowest BCUT2D eigenvalue weighted by Gasteiger charge is -2.07. The molecule has 1 aromatic rings. The fraction of sp³-hybridized carbons (Fsp3) is 0.273. The number of carbonyl (C=O) groups is 2. The van der Waals surface area contributed by atoms with Crippen molar-refractivity contribution in [2.45, 2.75) is 13.8 Å². The minimum atomic E-state index is -0.446. The number of hydrogen-bond donors (Lipinski definition) is 2. The molecule has 86 valence electrons. The summed E-state index contributed by atoms with van der Waals surface area (Å²) in [6.45, 7) is 3.88. The molecule has 0 aliphatic heterocycles. The van der Waals surface area contributed by atoms with Crippen molar-refractivity contribution < 1.29 is 9.59 Å². The number of hydrazine groups is 1. The molecule has 16 heavy (non-hydrogen) atoms. The van der Waals surface area contributed by atoms with Gasteiger partial charge < -0.3 is 0 Å². The molecule has 2 N–H and O–H groups in total. The third kappa shape index (κ3) is 3.24. The lowest BCUT2D eigenvalue weighted by Crippen LogP contribution is -2.42. The molecule has 0 fully saturated rings. The van der Waals surface area contributed by atoms with Crippen LogP contribution in [0.3, 0.4) is 0 Å². The summed E-state index contributed by atoms with van der Waals surface area (Å²) >= 11 is 5.26. The predicted octanol–water partition coefficient (Wildman–Crippen LogP) is 1.30. The summed E-state index contributed by atoms with van der Waals surface area (Å²) in [5.41, 5.74) is 7.10. The Labute approximate surface area is 99.0 Å². The molecule has 5 heteroatoms. The third-order valence-corrected chi connectivity index (χ3v) is 2.45. The zero-order valence-corrected chi connectivity index (χ0v) is 9.89. The molecule has 0 saturated carbocycles. The van der Waals surface area contributed by atoms with Crippen LogP contribution in [0.15, 0.2) is 18.2 Å². The standard InChI is InChI=1S/C11H13ClN2O2/c1-7-3-4-9(5-8(7)2)11(16)14-13-10(15)6-12/h3-5H,6H2,1-2H3,(H,13,15)(H,14,16). The maximum Gasteiger partial charge on any atom is 0.269 e. The second-order valence-corrected chi connectivity index (χ2v) is 3.70. The highest BCUT2D eigenvalue weighted by atomic mass is 35.5. The van der Waals surface area contributed by atoms with Gasteiger partial charge in [-0.15, -0.1) is 11.6 Å². The number of amides is 2. The van der Waals surface area contributed by atoms with Crippen molar-refractivity contribution in [3.05, 3.63) is 34.9 Å². The zero-order valence-electron chi connectivity index (χ0n) is 9.13. The minimum Gasteiger partial charge on any atom is -0.272 e. The van der Waals surface area contributed by atoms with E-state index in [0.29, 0.717) is 5.56 Å². The summed E-state index contributed by atoms with van der Waals surface area (Å²) in [5.74, 6) is -0.992. The topological polar surface area (TPSA) is 58.2 Å². The summed E-state index contributed by atoms with van der Waals surface area (Å²) in [4.78, 5) is 22.4. The Morgan fingerprint density at radius 1 is 1.19 bits per heavy atom. The zero-order chi connectivity index (χ0) is 12.1. The Bertz CT molecular complexity index is 418. The number of carbonyl (C=O) groups excluding carboxylic acids is 2. The van der Waals surface area contributed by atoms with Crippen LogP contribution in [0.2, 0.25) is 0 Å². The number of rotatable bonds is 2.